The number of methoxy groups -OCH3 is 2. The van der Waals surface area contributed by atoms with Gasteiger partial charge >= 0.3 is 6.18 Å². The normalized spacial score (nSPS) is 11.7. The molecule has 0 aromatic heterocycles. The van der Waals surface area contributed by atoms with E-state index >= 15 is 0 Å². The van der Waals surface area contributed by atoms with Gasteiger partial charge < -0.3 is 9.47 Å². The molecule has 0 bridgehead atoms. The van der Waals surface area contributed by atoms with Crippen LogP contribution in [0.3, 0.4) is 0 Å². The first kappa shape index (κ1) is 15.9. The Kier molecular flexibility index (Phi) is 4.70. The average Bonchev–Trinajstić information content (AvgIpc) is 2.52. The van der Waals surface area contributed by atoms with E-state index in [0.29, 0.717) is 17.2 Å². The lowest BCUT2D eigenvalue weighted by Gasteiger charge is -2.07. The molecule has 0 atom stereocenters. The number of aliphatic imine (C=N–C) groups is 1. The predicted octanol–water partition coefficient (Wildman–Crippen LogP) is 4.47. The van der Waals surface area contributed by atoms with Gasteiger partial charge in [-0.15, -0.1) is 0 Å². The van der Waals surface area contributed by atoms with Crippen LogP contribution in [0, 0.1) is 0 Å². The lowest BCUT2D eigenvalue weighted by atomic mass is 10.2. The molecule has 0 radical (unpaired) electrons. The Morgan fingerprint density at radius 2 is 1.55 bits per heavy atom. The van der Waals surface area contributed by atoms with Crippen LogP contribution in [0.1, 0.15) is 11.1 Å². The summed E-state index contributed by atoms with van der Waals surface area (Å²) in [6, 6.07) is 9.87. The van der Waals surface area contributed by atoms with Crippen molar-refractivity contribution in [2.75, 3.05) is 14.2 Å². The van der Waals surface area contributed by atoms with Gasteiger partial charge in [0.2, 0.25) is 0 Å². The van der Waals surface area contributed by atoms with Crippen molar-refractivity contribution in [3.05, 3.63) is 53.6 Å². The van der Waals surface area contributed by atoms with E-state index in [9.17, 15) is 13.2 Å². The molecule has 116 valence electrons. The van der Waals surface area contributed by atoms with Crippen molar-refractivity contribution >= 4 is 11.9 Å². The van der Waals surface area contributed by atoms with Crippen molar-refractivity contribution in [3.63, 3.8) is 0 Å². The van der Waals surface area contributed by atoms with Crippen LogP contribution in [0.2, 0.25) is 0 Å². The minimum absolute atomic E-state index is 0.433. The van der Waals surface area contributed by atoms with Gasteiger partial charge in [0.1, 0.15) is 0 Å². The van der Waals surface area contributed by atoms with Crippen molar-refractivity contribution in [3.8, 4) is 11.5 Å². The number of halogens is 3. The fraction of sp³-hybridized carbons (Fsp3) is 0.188. The minimum Gasteiger partial charge on any atom is -0.493 e. The fourth-order valence-electron chi connectivity index (χ4n) is 1.82. The number of benzene rings is 2. The average molecular weight is 309 g/mol. The largest absolute Gasteiger partial charge is 0.493 e. The quantitative estimate of drug-likeness (QED) is 0.780. The third kappa shape index (κ3) is 3.78. The number of rotatable bonds is 4. The van der Waals surface area contributed by atoms with Gasteiger partial charge in [-0.05, 0) is 48.0 Å². The fourth-order valence-corrected chi connectivity index (χ4v) is 1.82. The van der Waals surface area contributed by atoms with Crippen LogP contribution in [0.15, 0.2) is 47.5 Å². The maximum Gasteiger partial charge on any atom is 0.416 e. The van der Waals surface area contributed by atoms with Gasteiger partial charge in [-0.2, -0.15) is 13.2 Å². The Labute approximate surface area is 126 Å². The maximum atomic E-state index is 12.5. The molecule has 0 amide bonds. The van der Waals surface area contributed by atoms with E-state index < -0.39 is 11.7 Å². The summed E-state index contributed by atoms with van der Waals surface area (Å²) in [4.78, 5) is 4.14. The molecule has 2 aromatic carbocycles. The van der Waals surface area contributed by atoms with Crippen LogP contribution >= 0.6 is 0 Å². The van der Waals surface area contributed by atoms with Crippen LogP contribution in [-0.2, 0) is 6.18 Å². The highest BCUT2D eigenvalue weighted by Crippen LogP contribution is 2.30. The van der Waals surface area contributed by atoms with Crippen LogP contribution in [0.4, 0.5) is 18.9 Å². The monoisotopic (exact) mass is 309 g/mol. The summed E-state index contributed by atoms with van der Waals surface area (Å²) in [5, 5.41) is 0. The Balaban J connectivity index is 2.18. The van der Waals surface area contributed by atoms with E-state index in [0.717, 1.165) is 17.7 Å². The first-order valence-corrected chi connectivity index (χ1v) is 6.37. The number of nitrogens with zero attached hydrogens (tertiary/aromatic N) is 1. The molecule has 2 rings (SSSR count). The lowest BCUT2D eigenvalue weighted by molar-refractivity contribution is -0.137. The smallest absolute Gasteiger partial charge is 0.416 e. The van der Waals surface area contributed by atoms with Gasteiger partial charge in [0.15, 0.2) is 11.5 Å². The zero-order valence-corrected chi connectivity index (χ0v) is 12.0. The SMILES string of the molecule is COc1ccc(C=Nc2ccc(C(F)(F)F)cc2)cc1OC. The van der Waals surface area contributed by atoms with E-state index in [-0.39, 0.29) is 0 Å². The van der Waals surface area contributed by atoms with Gasteiger partial charge in [0, 0.05) is 6.21 Å². The molecule has 0 fully saturated rings. The standard InChI is InChI=1S/C16H14F3NO2/c1-21-14-8-3-11(9-15(14)22-2)10-20-13-6-4-12(5-7-13)16(17,18)19/h3-10H,1-2H3. The summed E-state index contributed by atoms with van der Waals surface area (Å²) >= 11 is 0. The summed E-state index contributed by atoms with van der Waals surface area (Å²) < 4.78 is 47.7. The Bertz CT molecular complexity index is 664. The van der Waals surface area contributed by atoms with Gasteiger partial charge in [-0.25, -0.2) is 0 Å². The summed E-state index contributed by atoms with van der Waals surface area (Å²) in [5.74, 6) is 1.15. The molecule has 0 N–H and O–H groups in total. The predicted molar refractivity (Wildman–Crippen MR) is 78.2 cm³/mol. The van der Waals surface area contributed by atoms with Crippen molar-refractivity contribution in [2.24, 2.45) is 4.99 Å². The molecular formula is C16H14F3NO2. The second kappa shape index (κ2) is 6.51. The second-order valence-corrected chi connectivity index (χ2v) is 4.42. The van der Waals surface area contributed by atoms with Crippen LogP contribution in [0.25, 0.3) is 0 Å². The van der Waals surface area contributed by atoms with Crippen molar-refractivity contribution in [1.29, 1.82) is 0 Å². The third-order valence-electron chi connectivity index (χ3n) is 2.96. The number of alkyl halides is 3. The Morgan fingerprint density at radius 1 is 0.909 bits per heavy atom. The van der Waals surface area contributed by atoms with E-state index in [1.807, 2.05) is 0 Å². The molecule has 0 aliphatic heterocycles. The summed E-state index contributed by atoms with van der Waals surface area (Å²) in [6.45, 7) is 0. The van der Waals surface area contributed by atoms with Crippen LogP contribution in [-0.4, -0.2) is 20.4 Å². The molecular weight excluding hydrogens is 295 g/mol. The molecule has 0 aliphatic carbocycles. The van der Waals surface area contributed by atoms with Gasteiger partial charge in [-0.1, -0.05) is 0 Å². The molecule has 0 saturated heterocycles. The maximum absolute atomic E-state index is 12.5. The number of ether oxygens (including phenoxy) is 2. The number of hydrogen-bond donors (Lipinski definition) is 0. The molecule has 6 heteroatoms. The molecule has 0 unspecified atom stereocenters. The summed E-state index contributed by atoms with van der Waals surface area (Å²) in [6.07, 6.45) is -2.80. The van der Waals surface area contributed by atoms with Gasteiger partial charge in [0.05, 0.1) is 25.5 Å². The molecule has 0 aliphatic rings. The highest BCUT2D eigenvalue weighted by Gasteiger charge is 2.29. The van der Waals surface area contributed by atoms with Crippen LogP contribution in [0.5, 0.6) is 11.5 Å². The summed E-state index contributed by atoms with van der Waals surface area (Å²) in [5.41, 5.74) is 0.484. The van der Waals surface area contributed by atoms with E-state index in [4.69, 9.17) is 9.47 Å². The van der Waals surface area contributed by atoms with Crippen LogP contribution < -0.4 is 9.47 Å². The first-order chi connectivity index (χ1) is 10.4. The lowest BCUT2D eigenvalue weighted by Crippen LogP contribution is -2.03. The Hall–Kier alpha value is -2.50. The van der Waals surface area contributed by atoms with E-state index in [2.05, 4.69) is 4.99 Å². The molecule has 0 heterocycles. The van der Waals surface area contributed by atoms with E-state index in [1.165, 1.54) is 26.4 Å². The highest BCUT2D eigenvalue weighted by molar-refractivity contribution is 5.83. The minimum atomic E-state index is -4.34. The number of hydrogen-bond acceptors (Lipinski definition) is 3. The topological polar surface area (TPSA) is 30.8 Å². The zero-order chi connectivity index (χ0) is 16.2. The zero-order valence-electron chi connectivity index (χ0n) is 12.0. The molecule has 0 spiro atoms. The Morgan fingerprint density at radius 3 is 2.09 bits per heavy atom. The van der Waals surface area contributed by atoms with Crippen molar-refractivity contribution in [1.82, 2.24) is 0 Å². The molecule has 22 heavy (non-hydrogen) atoms. The molecule has 2 aromatic rings. The van der Waals surface area contributed by atoms with Gasteiger partial charge in [0.25, 0.3) is 0 Å². The van der Waals surface area contributed by atoms with Crippen molar-refractivity contribution < 1.29 is 22.6 Å². The third-order valence-corrected chi connectivity index (χ3v) is 2.96. The summed E-state index contributed by atoms with van der Waals surface area (Å²) in [7, 11) is 3.06. The molecule has 3 nitrogen and oxygen atoms in total. The van der Waals surface area contributed by atoms with E-state index in [1.54, 1.807) is 24.4 Å². The highest BCUT2D eigenvalue weighted by atomic mass is 19.4. The molecule has 0 saturated carbocycles. The second-order valence-electron chi connectivity index (χ2n) is 4.42. The van der Waals surface area contributed by atoms with Gasteiger partial charge in [-0.3, -0.25) is 4.99 Å². The first-order valence-electron chi connectivity index (χ1n) is 6.37. The van der Waals surface area contributed by atoms with Crippen molar-refractivity contribution in [2.45, 2.75) is 6.18 Å².